The molecule has 0 bridgehead atoms. The standard InChI is InChI=1S/C12H22N4/c1-5-7-12(3,4)16-11-9(6-2)10(13)14-8-15-11/h8H,5-7H2,1-4H3,(H3,13,14,15,16). The number of nitrogens with two attached hydrogens (primary N) is 1. The topological polar surface area (TPSA) is 63.8 Å². The Morgan fingerprint density at radius 3 is 2.56 bits per heavy atom. The third-order valence-corrected chi connectivity index (χ3v) is 2.66. The van der Waals surface area contributed by atoms with Gasteiger partial charge in [-0.3, -0.25) is 0 Å². The maximum Gasteiger partial charge on any atom is 0.135 e. The lowest BCUT2D eigenvalue weighted by Gasteiger charge is -2.27. The van der Waals surface area contributed by atoms with Gasteiger partial charge >= 0.3 is 0 Å². The molecule has 3 N–H and O–H groups in total. The highest BCUT2D eigenvalue weighted by molar-refractivity contribution is 5.55. The highest BCUT2D eigenvalue weighted by Crippen LogP contribution is 2.23. The van der Waals surface area contributed by atoms with Crippen LogP contribution < -0.4 is 11.1 Å². The summed E-state index contributed by atoms with van der Waals surface area (Å²) in [5, 5.41) is 3.45. The number of nitrogens with one attached hydrogen (secondary N) is 1. The van der Waals surface area contributed by atoms with Gasteiger partial charge in [0.2, 0.25) is 0 Å². The SMILES string of the molecule is CCCC(C)(C)Nc1ncnc(N)c1CC. The van der Waals surface area contributed by atoms with Crippen LogP contribution >= 0.6 is 0 Å². The zero-order valence-corrected chi connectivity index (χ0v) is 10.7. The van der Waals surface area contributed by atoms with Crippen LogP contribution in [0, 0.1) is 0 Å². The first-order chi connectivity index (χ1) is 7.50. The molecule has 0 saturated heterocycles. The number of aromatic nitrogens is 2. The van der Waals surface area contributed by atoms with E-state index < -0.39 is 0 Å². The molecule has 0 unspecified atom stereocenters. The van der Waals surface area contributed by atoms with Crippen molar-refractivity contribution in [2.24, 2.45) is 0 Å². The Kier molecular flexibility index (Phi) is 4.10. The molecule has 0 saturated carbocycles. The van der Waals surface area contributed by atoms with Gasteiger partial charge in [-0.1, -0.05) is 20.3 Å². The number of anilines is 2. The predicted octanol–water partition coefficient (Wildman–Crippen LogP) is 2.61. The Bertz CT molecular complexity index is 347. The van der Waals surface area contributed by atoms with Gasteiger partial charge in [-0.25, -0.2) is 9.97 Å². The smallest absolute Gasteiger partial charge is 0.135 e. The normalized spacial score (nSPS) is 11.5. The molecule has 1 aromatic rings. The Hall–Kier alpha value is -1.32. The van der Waals surface area contributed by atoms with Crippen molar-refractivity contribution in [3.63, 3.8) is 0 Å². The van der Waals surface area contributed by atoms with Gasteiger partial charge in [0.25, 0.3) is 0 Å². The van der Waals surface area contributed by atoms with Gasteiger partial charge in [0.05, 0.1) is 0 Å². The summed E-state index contributed by atoms with van der Waals surface area (Å²) < 4.78 is 0. The van der Waals surface area contributed by atoms with E-state index in [1.807, 2.05) is 0 Å². The second kappa shape index (κ2) is 5.14. The van der Waals surface area contributed by atoms with Crippen molar-refractivity contribution in [1.29, 1.82) is 0 Å². The molecule has 0 aliphatic rings. The molecule has 1 aromatic heterocycles. The van der Waals surface area contributed by atoms with Crippen molar-refractivity contribution in [1.82, 2.24) is 9.97 Å². The quantitative estimate of drug-likeness (QED) is 0.803. The largest absolute Gasteiger partial charge is 0.383 e. The van der Waals surface area contributed by atoms with Gasteiger partial charge in [-0.15, -0.1) is 0 Å². The minimum Gasteiger partial charge on any atom is -0.383 e. The van der Waals surface area contributed by atoms with Crippen LogP contribution in [0.4, 0.5) is 11.6 Å². The van der Waals surface area contributed by atoms with E-state index in [0.717, 1.165) is 30.6 Å². The molecular weight excluding hydrogens is 200 g/mol. The summed E-state index contributed by atoms with van der Waals surface area (Å²) in [6.07, 6.45) is 4.60. The monoisotopic (exact) mass is 222 g/mol. The van der Waals surface area contributed by atoms with Crippen molar-refractivity contribution in [3.05, 3.63) is 11.9 Å². The molecule has 0 radical (unpaired) electrons. The molecule has 0 aliphatic heterocycles. The fourth-order valence-electron chi connectivity index (χ4n) is 1.89. The van der Waals surface area contributed by atoms with E-state index >= 15 is 0 Å². The van der Waals surface area contributed by atoms with E-state index in [0.29, 0.717) is 5.82 Å². The molecule has 0 aromatic carbocycles. The molecule has 90 valence electrons. The zero-order chi connectivity index (χ0) is 12.2. The molecule has 1 heterocycles. The van der Waals surface area contributed by atoms with E-state index in [9.17, 15) is 0 Å². The number of nitrogens with zero attached hydrogens (tertiary/aromatic N) is 2. The van der Waals surface area contributed by atoms with Crippen LogP contribution in [0.25, 0.3) is 0 Å². The summed E-state index contributed by atoms with van der Waals surface area (Å²) in [5.41, 5.74) is 6.88. The average Bonchev–Trinajstić information content (AvgIpc) is 2.17. The molecule has 0 atom stereocenters. The second-order valence-corrected chi connectivity index (χ2v) is 4.70. The molecule has 0 spiro atoms. The summed E-state index contributed by atoms with van der Waals surface area (Å²) in [6, 6.07) is 0. The lowest BCUT2D eigenvalue weighted by molar-refractivity contribution is 0.508. The van der Waals surface area contributed by atoms with Crippen LogP contribution in [0.2, 0.25) is 0 Å². The maximum atomic E-state index is 5.83. The van der Waals surface area contributed by atoms with E-state index in [1.54, 1.807) is 0 Å². The van der Waals surface area contributed by atoms with Gasteiger partial charge in [0.15, 0.2) is 0 Å². The Morgan fingerprint density at radius 1 is 1.31 bits per heavy atom. The number of hydrogen-bond acceptors (Lipinski definition) is 4. The lowest BCUT2D eigenvalue weighted by Crippen LogP contribution is -2.31. The van der Waals surface area contributed by atoms with Crippen molar-refractivity contribution in [3.8, 4) is 0 Å². The van der Waals surface area contributed by atoms with Crippen molar-refractivity contribution >= 4 is 11.6 Å². The van der Waals surface area contributed by atoms with Crippen LogP contribution in [-0.4, -0.2) is 15.5 Å². The van der Waals surface area contributed by atoms with Crippen LogP contribution in [0.3, 0.4) is 0 Å². The summed E-state index contributed by atoms with van der Waals surface area (Å²) in [7, 11) is 0. The second-order valence-electron chi connectivity index (χ2n) is 4.70. The van der Waals surface area contributed by atoms with Crippen LogP contribution in [0.15, 0.2) is 6.33 Å². The first-order valence-corrected chi connectivity index (χ1v) is 5.87. The molecule has 0 amide bonds. The highest BCUT2D eigenvalue weighted by Gasteiger charge is 2.19. The van der Waals surface area contributed by atoms with Crippen molar-refractivity contribution in [2.75, 3.05) is 11.1 Å². The molecule has 4 nitrogen and oxygen atoms in total. The summed E-state index contributed by atoms with van der Waals surface area (Å²) >= 11 is 0. The summed E-state index contributed by atoms with van der Waals surface area (Å²) in [5.74, 6) is 1.45. The summed E-state index contributed by atoms with van der Waals surface area (Å²) in [4.78, 5) is 8.29. The minimum absolute atomic E-state index is 0.0411. The fraction of sp³-hybridized carbons (Fsp3) is 0.667. The summed E-state index contributed by atoms with van der Waals surface area (Å²) in [6.45, 7) is 8.59. The predicted molar refractivity (Wildman–Crippen MR) is 68.4 cm³/mol. The highest BCUT2D eigenvalue weighted by atomic mass is 15.1. The molecule has 4 heteroatoms. The molecule has 16 heavy (non-hydrogen) atoms. The van der Waals surface area contributed by atoms with Crippen LogP contribution in [-0.2, 0) is 6.42 Å². The molecule has 1 rings (SSSR count). The Morgan fingerprint density at radius 2 is 2.00 bits per heavy atom. The van der Waals surface area contributed by atoms with Gasteiger partial charge in [-0.2, -0.15) is 0 Å². The van der Waals surface area contributed by atoms with Gasteiger partial charge in [0.1, 0.15) is 18.0 Å². The number of hydrogen-bond donors (Lipinski definition) is 2. The third kappa shape index (κ3) is 3.08. The molecule has 0 aliphatic carbocycles. The van der Waals surface area contributed by atoms with E-state index in [2.05, 4.69) is 43.0 Å². The van der Waals surface area contributed by atoms with Crippen molar-refractivity contribution in [2.45, 2.75) is 52.5 Å². The number of nitrogen functional groups attached to an aromatic ring is 1. The van der Waals surface area contributed by atoms with Gasteiger partial charge in [-0.05, 0) is 26.7 Å². The first kappa shape index (κ1) is 12.7. The Labute approximate surface area is 97.7 Å². The van der Waals surface area contributed by atoms with Crippen molar-refractivity contribution < 1.29 is 0 Å². The molecule has 0 fully saturated rings. The third-order valence-electron chi connectivity index (χ3n) is 2.66. The minimum atomic E-state index is 0.0411. The average molecular weight is 222 g/mol. The Balaban J connectivity index is 2.92. The maximum absolute atomic E-state index is 5.83. The lowest BCUT2D eigenvalue weighted by atomic mass is 9.98. The van der Waals surface area contributed by atoms with Gasteiger partial charge < -0.3 is 11.1 Å². The first-order valence-electron chi connectivity index (χ1n) is 5.87. The zero-order valence-electron chi connectivity index (χ0n) is 10.7. The van der Waals surface area contributed by atoms with Crippen LogP contribution in [0.5, 0.6) is 0 Å². The van der Waals surface area contributed by atoms with E-state index in [1.165, 1.54) is 6.33 Å². The number of rotatable bonds is 5. The van der Waals surface area contributed by atoms with Gasteiger partial charge in [0, 0.05) is 11.1 Å². The molecular formula is C12H22N4. The fourth-order valence-corrected chi connectivity index (χ4v) is 1.89. The van der Waals surface area contributed by atoms with E-state index in [4.69, 9.17) is 5.73 Å². The van der Waals surface area contributed by atoms with E-state index in [-0.39, 0.29) is 5.54 Å². The van der Waals surface area contributed by atoms with Crippen LogP contribution in [0.1, 0.15) is 46.1 Å².